The third-order valence-electron chi connectivity index (χ3n) is 5.86. The molecule has 0 bridgehead atoms. The quantitative estimate of drug-likeness (QED) is 0.547. The van der Waals surface area contributed by atoms with E-state index in [0.29, 0.717) is 40.7 Å². The van der Waals surface area contributed by atoms with Crippen molar-refractivity contribution in [3.05, 3.63) is 58.6 Å². The van der Waals surface area contributed by atoms with Gasteiger partial charge in [-0.25, -0.2) is 0 Å². The van der Waals surface area contributed by atoms with Crippen LogP contribution in [0, 0.1) is 11.8 Å². The number of aldehydes is 1. The largest absolute Gasteiger partial charge is 0.494 e. The van der Waals surface area contributed by atoms with Crippen LogP contribution in [0.1, 0.15) is 6.42 Å². The molecule has 1 saturated heterocycles. The summed E-state index contributed by atoms with van der Waals surface area (Å²) in [6.07, 6.45) is 1.61. The second kappa shape index (κ2) is 9.90. The first-order chi connectivity index (χ1) is 15.0. The maximum atomic E-state index is 12.2. The molecule has 0 radical (unpaired) electrons. The van der Waals surface area contributed by atoms with Crippen molar-refractivity contribution in [2.24, 2.45) is 11.8 Å². The number of amides is 1. The summed E-state index contributed by atoms with van der Waals surface area (Å²) in [4.78, 5) is 25.9. The fraction of sp³-hybridized carbons (Fsp3) is 0.391. The molecule has 6 nitrogen and oxygen atoms in total. The molecule has 31 heavy (non-hydrogen) atoms. The Labute approximate surface area is 191 Å². The summed E-state index contributed by atoms with van der Waals surface area (Å²) in [5.74, 6) is 1.99. The third kappa shape index (κ3) is 5.70. The number of rotatable bonds is 10. The summed E-state index contributed by atoms with van der Waals surface area (Å²) in [6, 6.07) is 14.1. The number of carbonyl (C=O) groups is 2. The van der Waals surface area contributed by atoms with Gasteiger partial charge in [0, 0.05) is 35.6 Å². The van der Waals surface area contributed by atoms with E-state index in [2.05, 4.69) is 10.2 Å². The number of benzene rings is 2. The van der Waals surface area contributed by atoms with E-state index in [-0.39, 0.29) is 24.6 Å². The number of likely N-dealkylation sites (tertiary alicyclic amines) is 1. The normalized spacial score (nSPS) is 23.0. The number of halogens is 2. The van der Waals surface area contributed by atoms with Crippen LogP contribution in [0.3, 0.4) is 0 Å². The summed E-state index contributed by atoms with van der Waals surface area (Å²) in [5, 5.41) is 4.33. The molecular formula is C23H24Cl2N2O4. The second-order valence-corrected chi connectivity index (χ2v) is 8.78. The second-order valence-electron chi connectivity index (χ2n) is 7.91. The molecule has 164 valence electrons. The van der Waals surface area contributed by atoms with Gasteiger partial charge < -0.3 is 19.6 Å². The molecule has 2 aromatic carbocycles. The number of nitrogens with one attached hydrogen (secondary N) is 1. The van der Waals surface area contributed by atoms with Crippen LogP contribution in [0.2, 0.25) is 10.0 Å². The predicted octanol–water partition coefficient (Wildman–Crippen LogP) is 3.46. The molecule has 2 aromatic rings. The Hall–Kier alpha value is -2.28. The number of ether oxygens (including phenoxy) is 2. The maximum Gasteiger partial charge on any atom is 0.258 e. The highest BCUT2D eigenvalue weighted by atomic mass is 35.5. The Morgan fingerprint density at radius 3 is 2.10 bits per heavy atom. The fourth-order valence-corrected chi connectivity index (χ4v) is 4.37. The van der Waals surface area contributed by atoms with Gasteiger partial charge in [-0.05, 0) is 60.4 Å². The highest BCUT2D eigenvalue weighted by Crippen LogP contribution is 2.46. The van der Waals surface area contributed by atoms with E-state index in [4.69, 9.17) is 32.7 Å². The van der Waals surface area contributed by atoms with Crippen LogP contribution in [0.4, 0.5) is 0 Å². The summed E-state index contributed by atoms with van der Waals surface area (Å²) in [5.41, 5.74) is 0. The standard InChI is InChI=1S/C23H24Cl2N2O4/c24-15-1-5-18(6-2-15)30-10-9-17(13-28)27-11-20-21(12-27)23(20)26-22(29)14-31-19-7-3-16(25)4-8-19/h1-8,13,17,20-21,23H,9-12,14H2,(H,26,29). The lowest BCUT2D eigenvalue weighted by Crippen LogP contribution is -2.42. The Morgan fingerprint density at radius 1 is 1.00 bits per heavy atom. The van der Waals surface area contributed by atoms with Gasteiger partial charge in [0.1, 0.15) is 17.8 Å². The molecule has 8 heteroatoms. The van der Waals surface area contributed by atoms with Crippen LogP contribution in [-0.4, -0.2) is 55.5 Å². The number of carbonyl (C=O) groups excluding carboxylic acids is 2. The van der Waals surface area contributed by atoms with Crippen molar-refractivity contribution in [1.29, 1.82) is 0 Å². The van der Waals surface area contributed by atoms with Crippen LogP contribution in [0.15, 0.2) is 48.5 Å². The van der Waals surface area contributed by atoms with Crippen molar-refractivity contribution in [3.8, 4) is 11.5 Å². The van der Waals surface area contributed by atoms with E-state index in [1.165, 1.54) is 0 Å². The maximum absolute atomic E-state index is 12.2. The van der Waals surface area contributed by atoms with Crippen molar-refractivity contribution in [2.75, 3.05) is 26.3 Å². The SMILES string of the molecule is O=CC(CCOc1ccc(Cl)cc1)N1CC2C(C1)C2NC(=O)COc1ccc(Cl)cc1. The van der Waals surface area contributed by atoms with Gasteiger partial charge in [0.05, 0.1) is 12.6 Å². The smallest absolute Gasteiger partial charge is 0.258 e. The minimum atomic E-state index is -0.176. The van der Waals surface area contributed by atoms with Crippen LogP contribution in [-0.2, 0) is 9.59 Å². The van der Waals surface area contributed by atoms with Gasteiger partial charge in [-0.15, -0.1) is 0 Å². The molecule has 1 amide bonds. The topological polar surface area (TPSA) is 67.9 Å². The Morgan fingerprint density at radius 2 is 1.55 bits per heavy atom. The molecule has 1 saturated carbocycles. The molecule has 1 N–H and O–H groups in total. The molecule has 0 spiro atoms. The van der Waals surface area contributed by atoms with Crippen LogP contribution in [0.5, 0.6) is 11.5 Å². The molecule has 1 heterocycles. The molecule has 0 aromatic heterocycles. The van der Waals surface area contributed by atoms with Gasteiger partial charge in [0.2, 0.25) is 0 Å². The molecule has 3 unspecified atom stereocenters. The van der Waals surface area contributed by atoms with Gasteiger partial charge in [0.15, 0.2) is 6.61 Å². The minimum Gasteiger partial charge on any atom is -0.494 e. The zero-order valence-electron chi connectivity index (χ0n) is 16.9. The molecule has 2 fully saturated rings. The van der Waals surface area contributed by atoms with Crippen LogP contribution in [0.25, 0.3) is 0 Å². The average molecular weight is 463 g/mol. The van der Waals surface area contributed by atoms with Crippen LogP contribution < -0.4 is 14.8 Å². The van der Waals surface area contributed by atoms with Crippen molar-refractivity contribution < 1.29 is 19.1 Å². The molecule has 3 atom stereocenters. The molecule has 1 aliphatic carbocycles. The van der Waals surface area contributed by atoms with Gasteiger partial charge in [-0.1, -0.05) is 23.2 Å². The third-order valence-corrected chi connectivity index (χ3v) is 6.36. The Balaban J connectivity index is 1.16. The lowest BCUT2D eigenvalue weighted by Gasteiger charge is -2.25. The van der Waals surface area contributed by atoms with Gasteiger partial charge in [-0.2, -0.15) is 0 Å². The first-order valence-electron chi connectivity index (χ1n) is 10.3. The molecule has 1 aliphatic heterocycles. The van der Waals surface area contributed by atoms with Crippen molar-refractivity contribution >= 4 is 35.4 Å². The van der Waals surface area contributed by atoms with E-state index < -0.39 is 0 Å². The predicted molar refractivity (Wildman–Crippen MR) is 119 cm³/mol. The molecular weight excluding hydrogens is 439 g/mol. The van der Waals surface area contributed by atoms with Gasteiger partial charge >= 0.3 is 0 Å². The number of fused-ring (bicyclic) bond motifs is 1. The van der Waals surface area contributed by atoms with Crippen molar-refractivity contribution in [2.45, 2.75) is 18.5 Å². The highest BCUT2D eigenvalue weighted by Gasteiger charge is 2.57. The van der Waals surface area contributed by atoms with Crippen molar-refractivity contribution in [3.63, 3.8) is 0 Å². The van der Waals surface area contributed by atoms with Gasteiger partial charge in [-0.3, -0.25) is 9.69 Å². The number of hydrogen-bond donors (Lipinski definition) is 1. The summed E-state index contributed by atoms with van der Waals surface area (Å²) in [6.45, 7) is 2.04. The number of nitrogens with zero attached hydrogens (tertiary/aromatic N) is 1. The van der Waals surface area contributed by atoms with Gasteiger partial charge in [0.25, 0.3) is 5.91 Å². The van der Waals surface area contributed by atoms with Crippen molar-refractivity contribution in [1.82, 2.24) is 10.2 Å². The van der Waals surface area contributed by atoms with E-state index in [0.717, 1.165) is 25.1 Å². The monoisotopic (exact) mass is 462 g/mol. The summed E-state index contributed by atoms with van der Waals surface area (Å²) >= 11 is 11.7. The number of hydrogen-bond acceptors (Lipinski definition) is 5. The summed E-state index contributed by atoms with van der Waals surface area (Å²) in [7, 11) is 0. The average Bonchev–Trinajstić information content (AvgIpc) is 3.19. The zero-order valence-corrected chi connectivity index (χ0v) is 18.4. The van der Waals surface area contributed by atoms with E-state index in [1.54, 1.807) is 36.4 Å². The highest BCUT2D eigenvalue weighted by molar-refractivity contribution is 6.30. The molecule has 2 aliphatic rings. The lowest BCUT2D eigenvalue weighted by molar-refractivity contribution is -0.123. The summed E-state index contributed by atoms with van der Waals surface area (Å²) < 4.78 is 11.2. The Bertz CT molecular complexity index is 895. The molecule has 4 rings (SSSR count). The Kier molecular flexibility index (Phi) is 7.00. The minimum absolute atomic E-state index is 0.0275. The van der Waals surface area contributed by atoms with Crippen LogP contribution >= 0.6 is 23.2 Å². The van der Waals surface area contributed by atoms with E-state index in [9.17, 15) is 9.59 Å². The first kappa shape index (κ1) is 21.9. The first-order valence-corrected chi connectivity index (χ1v) is 11.0. The lowest BCUT2D eigenvalue weighted by atomic mass is 10.2. The zero-order chi connectivity index (χ0) is 21.8. The van der Waals surface area contributed by atoms with E-state index >= 15 is 0 Å². The van der Waals surface area contributed by atoms with E-state index in [1.807, 2.05) is 12.1 Å². The fourth-order valence-electron chi connectivity index (χ4n) is 4.12. The number of piperidine rings is 1.